The lowest BCUT2D eigenvalue weighted by atomic mass is 10.3. The van der Waals surface area contributed by atoms with Gasteiger partial charge < -0.3 is 0 Å². The second-order valence-corrected chi connectivity index (χ2v) is 7.25. The predicted molar refractivity (Wildman–Crippen MR) is 65.3 cm³/mol. The Morgan fingerprint density at radius 1 is 1.47 bits per heavy atom. The monoisotopic (exact) mass is 275 g/mol. The summed E-state index contributed by atoms with van der Waals surface area (Å²) >= 11 is 5.41. The molecule has 2 atom stereocenters. The van der Waals surface area contributed by atoms with Gasteiger partial charge in [-0.3, -0.25) is 4.21 Å². The first kappa shape index (κ1) is 15.3. The molecule has 0 aliphatic carbocycles. The Morgan fingerprint density at radius 2 is 2.07 bits per heavy atom. The van der Waals surface area contributed by atoms with E-state index < -0.39 is 20.8 Å². The van der Waals surface area contributed by atoms with Crippen molar-refractivity contribution >= 4 is 32.4 Å². The molecule has 0 aliphatic heterocycles. The molecular weight excluding hydrogens is 258 g/mol. The Bertz CT molecular complexity index is 292. The van der Waals surface area contributed by atoms with Gasteiger partial charge in [-0.15, -0.1) is 11.6 Å². The van der Waals surface area contributed by atoms with Crippen molar-refractivity contribution in [3.63, 3.8) is 0 Å². The van der Waals surface area contributed by atoms with Gasteiger partial charge in [0.1, 0.15) is 0 Å². The van der Waals surface area contributed by atoms with Crippen LogP contribution < -0.4 is 4.72 Å². The Morgan fingerprint density at radius 3 is 2.53 bits per heavy atom. The summed E-state index contributed by atoms with van der Waals surface area (Å²) in [6.07, 6.45) is 2.64. The van der Waals surface area contributed by atoms with E-state index in [0.717, 1.165) is 0 Å². The summed E-state index contributed by atoms with van der Waals surface area (Å²) < 4.78 is 36.1. The van der Waals surface area contributed by atoms with Crippen LogP contribution in [0.25, 0.3) is 0 Å². The molecule has 15 heavy (non-hydrogen) atoms. The molecule has 7 heteroatoms. The molecule has 0 heterocycles. The van der Waals surface area contributed by atoms with Crippen molar-refractivity contribution in [3.05, 3.63) is 0 Å². The molecule has 2 unspecified atom stereocenters. The van der Waals surface area contributed by atoms with E-state index in [9.17, 15) is 12.6 Å². The van der Waals surface area contributed by atoms with Crippen LogP contribution in [0.3, 0.4) is 0 Å². The Hall–Kier alpha value is 0.350. The summed E-state index contributed by atoms with van der Waals surface area (Å²) in [5, 5.41) is 0. The third kappa shape index (κ3) is 9.29. The van der Waals surface area contributed by atoms with Crippen LogP contribution in [-0.4, -0.2) is 42.3 Å². The van der Waals surface area contributed by atoms with Crippen molar-refractivity contribution in [3.8, 4) is 0 Å². The molecule has 0 fully saturated rings. The largest absolute Gasteiger partial charge is 0.260 e. The minimum absolute atomic E-state index is 0.0516. The maximum atomic E-state index is 11.4. The zero-order valence-corrected chi connectivity index (χ0v) is 11.4. The molecule has 4 nitrogen and oxygen atoms in total. The topological polar surface area (TPSA) is 63.2 Å². The van der Waals surface area contributed by atoms with Crippen LogP contribution in [0.15, 0.2) is 0 Å². The summed E-state index contributed by atoms with van der Waals surface area (Å²) in [4.78, 5) is 0. The highest BCUT2D eigenvalue weighted by Gasteiger charge is 2.13. The van der Waals surface area contributed by atoms with E-state index in [2.05, 4.69) is 4.72 Å². The number of halogens is 1. The van der Waals surface area contributed by atoms with Crippen molar-refractivity contribution in [2.45, 2.75) is 25.8 Å². The Kier molecular flexibility index (Phi) is 7.77. The van der Waals surface area contributed by atoms with E-state index in [1.54, 1.807) is 13.2 Å². The van der Waals surface area contributed by atoms with Gasteiger partial charge in [-0.25, -0.2) is 13.1 Å². The maximum Gasteiger partial charge on any atom is 0.211 e. The highest BCUT2D eigenvalue weighted by molar-refractivity contribution is 7.89. The molecule has 0 amide bonds. The fourth-order valence-electron chi connectivity index (χ4n) is 1.01. The lowest BCUT2D eigenvalue weighted by Crippen LogP contribution is -2.35. The Balaban J connectivity index is 3.93. The molecule has 0 rings (SSSR count). The SMILES string of the molecule is CC(CCS(C)=O)NS(=O)(=O)CCCCl. The van der Waals surface area contributed by atoms with E-state index in [4.69, 9.17) is 11.6 Å². The number of sulfonamides is 1. The second-order valence-electron chi connectivity index (χ2n) is 3.45. The minimum atomic E-state index is -3.22. The van der Waals surface area contributed by atoms with Crippen molar-refractivity contribution in [1.29, 1.82) is 0 Å². The van der Waals surface area contributed by atoms with Gasteiger partial charge in [0, 0.05) is 34.7 Å². The van der Waals surface area contributed by atoms with Gasteiger partial charge in [0.2, 0.25) is 10.0 Å². The Labute approximate surface area is 99.3 Å². The van der Waals surface area contributed by atoms with E-state index in [1.807, 2.05) is 0 Å². The molecule has 0 aromatic rings. The van der Waals surface area contributed by atoms with Crippen LogP contribution >= 0.6 is 11.6 Å². The molecule has 92 valence electrons. The van der Waals surface area contributed by atoms with Crippen LogP contribution in [0, 0.1) is 0 Å². The lowest BCUT2D eigenvalue weighted by Gasteiger charge is -2.12. The summed E-state index contributed by atoms with van der Waals surface area (Å²) in [7, 11) is -4.10. The van der Waals surface area contributed by atoms with Crippen molar-refractivity contribution < 1.29 is 12.6 Å². The van der Waals surface area contributed by atoms with Crippen LogP contribution in [0.5, 0.6) is 0 Å². The van der Waals surface area contributed by atoms with Gasteiger partial charge in [0.05, 0.1) is 5.75 Å². The summed E-state index contributed by atoms with van der Waals surface area (Å²) in [6, 6.07) is -0.172. The first-order valence-corrected chi connectivity index (χ1v) is 8.65. The zero-order valence-electron chi connectivity index (χ0n) is 9.03. The highest BCUT2D eigenvalue weighted by Crippen LogP contribution is 1.98. The molecule has 0 radical (unpaired) electrons. The third-order valence-corrected chi connectivity index (χ3v) is 4.43. The standard InChI is InChI=1S/C8H18ClNO3S2/c1-8(4-6-14(2)11)10-15(12,13)7-3-5-9/h8,10H,3-7H2,1-2H3. The fraction of sp³-hybridized carbons (Fsp3) is 1.00. The minimum Gasteiger partial charge on any atom is -0.260 e. The van der Waals surface area contributed by atoms with Gasteiger partial charge in [-0.2, -0.15) is 0 Å². The van der Waals surface area contributed by atoms with Crippen LogP contribution in [0.4, 0.5) is 0 Å². The van der Waals surface area contributed by atoms with Crippen molar-refractivity contribution in [2.75, 3.05) is 23.6 Å². The number of nitrogens with one attached hydrogen (secondary N) is 1. The van der Waals surface area contributed by atoms with Crippen LogP contribution in [0.1, 0.15) is 19.8 Å². The van der Waals surface area contributed by atoms with Gasteiger partial charge in [0.15, 0.2) is 0 Å². The van der Waals surface area contributed by atoms with E-state index in [0.29, 0.717) is 24.5 Å². The first-order valence-electron chi connectivity index (χ1n) is 4.73. The van der Waals surface area contributed by atoms with Crippen molar-refractivity contribution in [2.24, 2.45) is 0 Å². The average Bonchev–Trinajstić information content (AvgIpc) is 2.11. The molecule has 0 saturated heterocycles. The fourth-order valence-corrected chi connectivity index (χ4v) is 3.36. The molecule has 0 spiro atoms. The molecule has 0 aromatic carbocycles. The second kappa shape index (κ2) is 7.60. The average molecular weight is 276 g/mol. The van der Waals surface area contributed by atoms with Gasteiger partial charge in [-0.1, -0.05) is 0 Å². The normalized spacial score (nSPS) is 16.2. The van der Waals surface area contributed by atoms with Crippen LogP contribution in [0.2, 0.25) is 0 Å². The molecule has 0 saturated carbocycles. The third-order valence-electron chi connectivity index (χ3n) is 1.77. The summed E-state index contributed by atoms with van der Waals surface area (Å²) in [5.74, 6) is 0.906. The molecule has 1 N–H and O–H groups in total. The van der Waals surface area contributed by atoms with E-state index in [-0.39, 0.29) is 11.8 Å². The molecular formula is C8H18ClNO3S2. The van der Waals surface area contributed by atoms with E-state index >= 15 is 0 Å². The quantitative estimate of drug-likeness (QED) is 0.663. The zero-order chi connectivity index (χ0) is 11.9. The smallest absolute Gasteiger partial charge is 0.211 e. The highest BCUT2D eigenvalue weighted by atomic mass is 35.5. The number of rotatable bonds is 8. The first-order chi connectivity index (χ1) is 6.87. The summed E-state index contributed by atoms with van der Waals surface area (Å²) in [5.41, 5.74) is 0. The van der Waals surface area contributed by atoms with E-state index in [1.165, 1.54) is 0 Å². The maximum absolute atomic E-state index is 11.4. The molecule has 0 aliphatic rings. The van der Waals surface area contributed by atoms with Gasteiger partial charge in [-0.05, 0) is 19.8 Å². The molecule has 0 bridgehead atoms. The lowest BCUT2D eigenvalue weighted by molar-refractivity contribution is 0.554. The number of hydrogen-bond donors (Lipinski definition) is 1. The number of hydrogen-bond acceptors (Lipinski definition) is 3. The van der Waals surface area contributed by atoms with Gasteiger partial charge >= 0.3 is 0 Å². The predicted octanol–water partition coefficient (Wildman–Crippen LogP) is 0.692. The van der Waals surface area contributed by atoms with Gasteiger partial charge in [0.25, 0.3) is 0 Å². The van der Waals surface area contributed by atoms with Crippen molar-refractivity contribution in [1.82, 2.24) is 4.72 Å². The van der Waals surface area contributed by atoms with Crippen LogP contribution in [-0.2, 0) is 20.8 Å². The number of alkyl halides is 1. The molecule has 0 aromatic heterocycles. The summed E-state index contributed by atoms with van der Waals surface area (Å²) in [6.45, 7) is 1.77.